The van der Waals surface area contributed by atoms with Crippen LogP contribution in [0.2, 0.25) is 0 Å². The molecule has 1 unspecified atom stereocenters. The summed E-state index contributed by atoms with van der Waals surface area (Å²) >= 11 is 0. The second-order valence-corrected chi connectivity index (χ2v) is 5.52. The van der Waals surface area contributed by atoms with E-state index in [1.807, 2.05) is 31.2 Å². The van der Waals surface area contributed by atoms with Crippen LogP contribution in [0.3, 0.4) is 0 Å². The monoisotopic (exact) mass is 323 g/mol. The van der Waals surface area contributed by atoms with Crippen LogP contribution in [0.5, 0.6) is 0 Å². The first-order chi connectivity index (χ1) is 11.5. The van der Waals surface area contributed by atoms with Gasteiger partial charge in [0.1, 0.15) is 12.4 Å². The van der Waals surface area contributed by atoms with Gasteiger partial charge in [0.2, 0.25) is 0 Å². The van der Waals surface area contributed by atoms with E-state index in [0.29, 0.717) is 17.2 Å². The van der Waals surface area contributed by atoms with Crippen molar-refractivity contribution >= 4 is 22.4 Å². The zero-order valence-electron chi connectivity index (χ0n) is 13.0. The third-order valence-electron chi connectivity index (χ3n) is 3.94. The lowest BCUT2D eigenvalue weighted by molar-refractivity contribution is -0.389. The van der Waals surface area contributed by atoms with Gasteiger partial charge in [-0.3, -0.25) is 0 Å². The molecule has 9 heteroatoms. The summed E-state index contributed by atoms with van der Waals surface area (Å²) < 4.78 is 3.17. The lowest BCUT2D eigenvalue weighted by atomic mass is 10.2. The highest BCUT2D eigenvalue weighted by Gasteiger charge is 2.24. The molecule has 4 aromatic rings. The maximum Gasteiger partial charge on any atom is 0.390 e. The van der Waals surface area contributed by atoms with E-state index in [-0.39, 0.29) is 11.9 Å². The standard InChI is InChI=1S/C15H13N7O2/c1-9-7-13(22(23)24)18-21(9)10(2)14-17-15-11-5-3-4-6-12(11)16-8-20(15)19-14/h3-8,10H,1-2H3. The van der Waals surface area contributed by atoms with E-state index in [1.165, 1.54) is 6.07 Å². The highest BCUT2D eigenvalue weighted by atomic mass is 16.6. The van der Waals surface area contributed by atoms with E-state index in [0.717, 1.165) is 10.9 Å². The van der Waals surface area contributed by atoms with Crippen molar-refractivity contribution in [3.63, 3.8) is 0 Å². The highest BCUT2D eigenvalue weighted by Crippen LogP contribution is 2.22. The molecule has 9 nitrogen and oxygen atoms in total. The molecule has 1 aromatic carbocycles. The molecule has 0 radical (unpaired) electrons. The molecule has 1 atom stereocenters. The molecule has 0 saturated carbocycles. The maximum atomic E-state index is 10.9. The topological polar surface area (TPSA) is 104 Å². The molecular weight excluding hydrogens is 310 g/mol. The Morgan fingerprint density at radius 3 is 2.79 bits per heavy atom. The molecule has 0 amide bonds. The SMILES string of the molecule is Cc1cc([N+](=O)[O-])nn1C(C)c1nc2c3ccccc3ncn2n1. The Kier molecular flexibility index (Phi) is 3.02. The van der Waals surface area contributed by atoms with Crippen molar-refractivity contribution in [1.82, 2.24) is 29.4 Å². The first kappa shape index (κ1) is 14.2. The van der Waals surface area contributed by atoms with Gasteiger partial charge < -0.3 is 10.1 Å². The minimum atomic E-state index is -0.509. The Balaban J connectivity index is 1.84. The molecule has 120 valence electrons. The number of aromatic nitrogens is 6. The minimum absolute atomic E-state index is 0.185. The number of nitrogens with zero attached hydrogens (tertiary/aromatic N) is 7. The summed E-state index contributed by atoms with van der Waals surface area (Å²) in [7, 11) is 0. The van der Waals surface area contributed by atoms with Crippen LogP contribution in [-0.2, 0) is 0 Å². The van der Waals surface area contributed by atoms with Gasteiger partial charge in [-0.15, -0.1) is 5.10 Å². The van der Waals surface area contributed by atoms with E-state index >= 15 is 0 Å². The third-order valence-corrected chi connectivity index (χ3v) is 3.94. The Morgan fingerprint density at radius 2 is 2.04 bits per heavy atom. The Bertz CT molecular complexity index is 1080. The smallest absolute Gasteiger partial charge is 0.358 e. The molecule has 4 rings (SSSR count). The molecule has 0 aliphatic heterocycles. The van der Waals surface area contributed by atoms with Crippen molar-refractivity contribution in [1.29, 1.82) is 0 Å². The summed E-state index contributed by atoms with van der Waals surface area (Å²) in [5.74, 6) is 0.337. The van der Waals surface area contributed by atoms with E-state index in [4.69, 9.17) is 0 Å². The maximum absolute atomic E-state index is 10.9. The fourth-order valence-corrected chi connectivity index (χ4v) is 2.73. The molecule has 3 aromatic heterocycles. The minimum Gasteiger partial charge on any atom is -0.358 e. The van der Waals surface area contributed by atoms with Crippen molar-refractivity contribution in [2.75, 3.05) is 0 Å². The summed E-state index contributed by atoms with van der Waals surface area (Å²) in [6.07, 6.45) is 1.61. The van der Waals surface area contributed by atoms with Gasteiger partial charge in [-0.05, 0) is 30.9 Å². The van der Waals surface area contributed by atoms with Crippen LogP contribution in [0.15, 0.2) is 36.7 Å². The summed E-state index contributed by atoms with van der Waals surface area (Å²) in [6.45, 7) is 3.62. The molecule has 0 aliphatic carbocycles. The molecule has 0 N–H and O–H groups in total. The van der Waals surface area contributed by atoms with Crippen molar-refractivity contribution in [2.24, 2.45) is 0 Å². The van der Waals surface area contributed by atoms with Crippen LogP contribution in [0.1, 0.15) is 24.5 Å². The molecular formula is C15H13N7O2. The predicted molar refractivity (Wildman–Crippen MR) is 85.7 cm³/mol. The number of rotatable bonds is 3. The van der Waals surface area contributed by atoms with Crippen molar-refractivity contribution < 1.29 is 4.92 Å². The van der Waals surface area contributed by atoms with Gasteiger partial charge >= 0.3 is 5.82 Å². The number of benzene rings is 1. The fourth-order valence-electron chi connectivity index (χ4n) is 2.73. The lowest BCUT2D eigenvalue weighted by Crippen LogP contribution is -2.12. The average Bonchev–Trinajstić information content (AvgIpc) is 3.18. The molecule has 0 aliphatic rings. The van der Waals surface area contributed by atoms with E-state index in [1.54, 1.807) is 22.4 Å². The molecule has 0 saturated heterocycles. The van der Waals surface area contributed by atoms with Gasteiger partial charge in [0.05, 0.1) is 22.4 Å². The van der Waals surface area contributed by atoms with Gasteiger partial charge in [-0.1, -0.05) is 12.1 Å². The van der Waals surface area contributed by atoms with E-state index in [9.17, 15) is 10.1 Å². The molecule has 0 fully saturated rings. The zero-order chi connectivity index (χ0) is 16.8. The van der Waals surface area contributed by atoms with Gasteiger partial charge in [0.25, 0.3) is 0 Å². The molecule has 3 heterocycles. The van der Waals surface area contributed by atoms with Gasteiger partial charge in [-0.25, -0.2) is 14.5 Å². The van der Waals surface area contributed by atoms with E-state index < -0.39 is 4.92 Å². The largest absolute Gasteiger partial charge is 0.390 e. The lowest BCUT2D eigenvalue weighted by Gasteiger charge is -2.05. The number of hydrogen-bond acceptors (Lipinski definition) is 6. The molecule has 24 heavy (non-hydrogen) atoms. The quantitative estimate of drug-likeness (QED) is 0.423. The van der Waals surface area contributed by atoms with Crippen LogP contribution in [0, 0.1) is 17.0 Å². The van der Waals surface area contributed by atoms with E-state index in [2.05, 4.69) is 20.2 Å². The van der Waals surface area contributed by atoms with Crippen molar-refractivity contribution in [2.45, 2.75) is 19.9 Å². The third kappa shape index (κ3) is 2.09. The normalized spacial score (nSPS) is 12.8. The highest BCUT2D eigenvalue weighted by molar-refractivity contribution is 5.90. The summed E-state index contributed by atoms with van der Waals surface area (Å²) in [4.78, 5) is 19.3. The first-order valence-electron chi connectivity index (χ1n) is 7.35. The number of fused-ring (bicyclic) bond motifs is 3. The Labute approximate surface area is 135 Å². The number of hydrogen-bond donors (Lipinski definition) is 0. The fraction of sp³-hybridized carbons (Fsp3) is 0.200. The van der Waals surface area contributed by atoms with Gasteiger partial charge in [-0.2, -0.15) is 4.68 Å². The second-order valence-electron chi connectivity index (χ2n) is 5.52. The van der Waals surface area contributed by atoms with Crippen molar-refractivity contribution in [3.8, 4) is 0 Å². The summed E-state index contributed by atoms with van der Waals surface area (Å²) in [6, 6.07) is 8.78. The number of aryl methyl sites for hydroxylation is 1. The van der Waals surface area contributed by atoms with Crippen LogP contribution in [0.4, 0.5) is 5.82 Å². The summed E-state index contributed by atoms with van der Waals surface area (Å²) in [5.41, 5.74) is 2.21. The summed E-state index contributed by atoms with van der Waals surface area (Å²) in [5, 5.41) is 20.3. The van der Waals surface area contributed by atoms with Gasteiger partial charge in [0.15, 0.2) is 11.5 Å². The number of nitro groups is 1. The van der Waals surface area contributed by atoms with Crippen LogP contribution < -0.4 is 0 Å². The molecule has 0 bridgehead atoms. The van der Waals surface area contributed by atoms with Crippen LogP contribution in [-0.4, -0.2) is 34.3 Å². The second kappa shape index (κ2) is 5.08. The van der Waals surface area contributed by atoms with Gasteiger partial charge in [0, 0.05) is 5.39 Å². The number of para-hydroxylation sites is 1. The first-order valence-corrected chi connectivity index (χ1v) is 7.35. The average molecular weight is 323 g/mol. The Hall–Kier alpha value is -3.36. The van der Waals surface area contributed by atoms with Crippen LogP contribution >= 0.6 is 0 Å². The molecule has 0 spiro atoms. The predicted octanol–water partition coefficient (Wildman–Crippen LogP) is 2.30. The van der Waals surface area contributed by atoms with Crippen molar-refractivity contribution in [3.05, 3.63) is 58.3 Å². The Morgan fingerprint density at radius 1 is 1.25 bits per heavy atom. The van der Waals surface area contributed by atoms with Crippen LogP contribution in [0.25, 0.3) is 16.6 Å². The zero-order valence-corrected chi connectivity index (χ0v) is 13.0.